The Labute approximate surface area is 134 Å². The Bertz CT molecular complexity index is 576. The summed E-state index contributed by atoms with van der Waals surface area (Å²) >= 11 is 0. The molecule has 1 heterocycles. The average molecular weight is 319 g/mol. The first kappa shape index (κ1) is 17.0. The van der Waals surface area contributed by atoms with Crippen molar-refractivity contribution in [1.29, 1.82) is 0 Å². The Kier molecular flexibility index (Phi) is 5.70. The van der Waals surface area contributed by atoms with Crippen molar-refractivity contribution in [2.45, 2.75) is 38.0 Å². The summed E-state index contributed by atoms with van der Waals surface area (Å²) in [5.41, 5.74) is 11.6. The lowest BCUT2D eigenvalue weighted by Crippen LogP contribution is -2.49. The van der Waals surface area contributed by atoms with E-state index in [1.807, 2.05) is 30.3 Å². The summed E-state index contributed by atoms with van der Waals surface area (Å²) in [6.45, 7) is 0.585. The highest BCUT2D eigenvalue weighted by Gasteiger charge is 2.37. The van der Waals surface area contributed by atoms with Gasteiger partial charge in [-0.2, -0.15) is 0 Å². The van der Waals surface area contributed by atoms with Crippen LogP contribution in [-0.2, 0) is 25.7 Å². The molecular weight excluding hydrogens is 298 g/mol. The Balaban J connectivity index is 1.93. The van der Waals surface area contributed by atoms with Crippen LogP contribution in [0.4, 0.5) is 0 Å². The number of rotatable bonds is 6. The number of likely N-dealkylation sites (tertiary alicyclic amines) is 1. The predicted molar refractivity (Wildman–Crippen MR) is 82.8 cm³/mol. The minimum atomic E-state index is -1.02. The van der Waals surface area contributed by atoms with Crippen LogP contribution in [0, 0.1) is 0 Å². The summed E-state index contributed by atoms with van der Waals surface area (Å²) in [4.78, 5) is 36.8. The Morgan fingerprint density at radius 3 is 2.61 bits per heavy atom. The van der Waals surface area contributed by atoms with E-state index in [0.717, 1.165) is 5.56 Å². The molecule has 1 unspecified atom stereocenters. The van der Waals surface area contributed by atoms with Crippen molar-refractivity contribution >= 4 is 17.8 Å². The number of nitrogens with two attached hydrogens (primary N) is 2. The van der Waals surface area contributed by atoms with Gasteiger partial charge in [0.15, 0.2) is 0 Å². The number of carbonyl (C=O) groups is 3. The minimum absolute atomic E-state index is 0.158. The second-order valence-corrected chi connectivity index (χ2v) is 5.56. The molecule has 23 heavy (non-hydrogen) atoms. The Morgan fingerprint density at radius 2 is 1.96 bits per heavy atom. The Morgan fingerprint density at radius 1 is 1.26 bits per heavy atom. The van der Waals surface area contributed by atoms with Gasteiger partial charge in [0.1, 0.15) is 12.6 Å². The number of benzene rings is 1. The van der Waals surface area contributed by atoms with Crippen LogP contribution >= 0.6 is 0 Å². The average Bonchev–Trinajstić information content (AvgIpc) is 3.01. The zero-order chi connectivity index (χ0) is 16.8. The molecule has 1 aromatic carbocycles. The molecule has 0 bridgehead atoms. The first-order valence-corrected chi connectivity index (χ1v) is 7.54. The van der Waals surface area contributed by atoms with E-state index in [0.29, 0.717) is 19.4 Å². The van der Waals surface area contributed by atoms with E-state index >= 15 is 0 Å². The van der Waals surface area contributed by atoms with Crippen LogP contribution in [0.2, 0.25) is 0 Å². The highest BCUT2D eigenvalue weighted by molar-refractivity contribution is 5.91. The van der Waals surface area contributed by atoms with Crippen molar-refractivity contribution in [1.82, 2.24) is 4.90 Å². The molecule has 1 aliphatic heterocycles. The van der Waals surface area contributed by atoms with Crippen LogP contribution in [-0.4, -0.2) is 41.3 Å². The lowest BCUT2D eigenvalue weighted by molar-refractivity contribution is -0.155. The first-order chi connectivity index (χ1) is 11.0. The number of amides is 2. The Hall–Kier alpha value is -2.41. The van der Waals surface area contributed by atoms with Crippen LogP contribution in [0.1, 0.15) is 24.8 Å². The molecule has 0 radical (unpaired) electrons. The van der Waals surface area contributed by atoms with Gasteiger partial charge in [-0.3, -0.25) is 9.59 Å². The van der Waals surface area contributed by atoms with E-state index < -0.39 is 29.9 Å². The topological polar surface area (TPSA) is 116 Å². The van der Waals surface area contributed by atoms with Gasteiger partial charge in [0, 0.05) is 6.54 Å². The molecule has 0 aliphatic carbocycles. The van der Waals surface area contributed by atoms with E-state index in [-0.39, 0.29) is 13.0 Å². The normalized spacial score (nSPS) is 18.5. The van der Waals surface area contributed by atoms with Crippen LogP contribution in [0.3, 0.4) is 0 Å². The van der Waals surface area contributed by atoms with Gasteiger partial charge in [-0.25, -0.2) is 4.79 Å². The largest absolute Gasteiger partial charge is 0.459 e. The van der Waals surface area contributed by atoms with Crippen LogP contribution in [0.25, 0.3) is 0 Å². The first-order valence-electron chi connectivity index (χ1n) is 7.54. The SMILES string of the molecule is NC(=O)CC(N)C(=O)N1CCC[C@H]1C(=O)OCc1ccccc1. The molecule has 1 fully saturated rings. The summed E-state index contributed by atoms with van der Waals surface area (Å²) < 4.78 is 5.29. The lowest BCUT2D eigenvalue weighted by atomic mass is 10.1. The van der Waals surface area contributed by atoms with Gasteiger partial charge in [-0.15, -0.1) is 0 Å². The molecule has 124 valence electrons. The maximum atomic E-state index is 12.3. The molecule has 4 N–H and O–H groups in total. The second kappa shape index (κ2) is 7.73. The fourth-order valence-electron chi connectivity index (χ4n) is 2.62. The molecular formula is C16H21N3O4. The van der Waals surface area contributed by atoms with Gasteiger partial charge in [-0.1, -0.05) is 30.3 Å². The molecule has 2 atom stereocenters. The molecule has 1 saturated heterocycles. The number of primary amides is 1. The van der Waals surface area contributed by atoms with Gasteiger partial charge < -0.3 is 21.1 Å². The maximum Gasteiger partial charge on any atom is 0.329 e. The molecule has 1 aliphatic rings. The van der Waals surface area contributed by atoms with E-state index in [1.165, 1.54) is 4.90 Å². The number of esters is 1. The van der Waals surface area contributed by atoms with E-state index in [4.69, 9.17) is 16.2 Å². The molecule has 2 amide bonds. The van der Waals surface area contributed by atoms with Crippen LogP contribution < -0.4 is 11.5 Å². The van der Waals surface area contributed by atoms with E-state index in [9.17, 15) is 14.4 Å². The van der Waals surface area contributed by atoms with Crippen molar-refractivity contribution in [2.24, 2.45) is 11.5 Å². The molecule has 0 aromatic heterocycles. The van der Waals surface area contributed by atoms with Crippen molar-refractivity contribution in [3.63, 3.8) is 0 Å². The smallest absolute Gasteiger partial charge is 0.329 e. The van der Waals surface area contributed by atoms with E-state index in [1.54, 1.807) is 0 Å². The molecule has 7 nitrogen and oxygen atoms in total. The third-order valence-electron chi connectivity index (χ3n) is 3.77. The molecule has 2 rings (SSSR count). The van der Waals surface area contributed by atoms with Gasteiger partial charge in [0.25, 0.3) is 0 Å². The fraction of sp³-hybridized carbons (Fsp3) is 0.438. The number of hydrogen-bond acceptors (Lipinski definition) is 5. The van der Waals surface area contributed by atoms with Crippen LogP contribution in [0.5, 0.6) is 0 Å². The maximum absolute atomic E-state index is 12.3. The number of ether oxygens (including phenoxy) is 1. The van der Waals surface area contributed by atoms with Gasteiger partial charge in [-0.05, 0) is 18.4 Å². The lowest BCUT2D eigenvalue weighted by Gasteiger charge is -2.25. The quantitative estimate of drug-likeness (QED) is 0.712. The summed E-state index contributed by atoms with van der Waals surface area (Å²) in [6.07, 6.45) is 0.990. The summed E-state index contributed by atoms with van der Waals surface area (Å²) in [6, 6.07) is 7.64. The van der Waals surface area contributed by atoms with Gasteiger partial charge in [0.2, 0.25) is 11.8 Å². The third kappa shape index (κ3) is 4.53. The summed E-state index contributed by atoms with van der Waals surface area (Å²) in [5.74, 6) is -1.54. The van der Waals surface area contributed by atoms with Crippen molar-refractivity contribution in [3.05, 3.63) is 35.9 Å². The number of hydrogen-bond donors (Lipinski definition) is 2. The van der Waals surface area contributed by atoms with E-state index in [2.05, 4.69) is 0 Å². The molecule has 0 spiro atoms. The monoisotopic (exact) mass is 319 g/mol. The highest BCUT2D eigenvalue weighted by Crippen LogP contribution is 2.20. The van der Waals surface area contributed by atoms with Crippen molar-refractivity contribution < 1.29 is 19.1 Å². The number of nitrogens with zero attached hydrogens (tertiary/aromatic N) is 1. The fourth-order valence-corrected chi connectivity index (χ4v) is 2.62. The summed E-state index contributed by atoms with van der Waals surface area (Å²) in [5, 5.41) is 0. The van der Waals surface area contributed by atoms with Crippen LogP contribution in [0.15, 0.2) is 30.3 Å². The molecule has 7 heteroatoms. The standard InChI is InChI=1S/C16H21N3O4/c17-12(9-14(18)20)15(21)19-8-4-7-13(19)16(22)23-10-11-5-2-1-3-6-11/h1-3,5-6,12-13H,4,7-10,17H2,(H2,18,20)/t12?,13-/m0/s1. The third-order valence-corrected chi connectivity index (χ3v) is 3.77. The number of carbonyl (C=O) groups excluding carboxylic acids is 3. The zero-order valence-corrected chi connectivity index (χ0v) is 12.8. The predicted octanol–water partition coefficient (Wildman–Crippen LogP) is -0.0765. The summed E-state index contributed by atoms with van der Waals surface area (Å²) in [7, 11) is 0. The zero-order valence-electron chi connectivity index (χ0n) is 12.8. The van der Waals surface area contributed by atoms with Gasteiger partial charge in [0.05, 0.1) is 12.5 Å². The second-order valence-electron chi connectivity index (χ2n) is 5.56. The van der Waals surface area contributed by atoms with Gasteiger partial charge >= 0.3 is 5.97 Å². The minimum Gasteiger partial charge on any atom is -0.459 e. The molecule has 1 aromatic rings. The molecule has 0 saturated carbocycles. The van der Waals surface area contributed by atoms with Crippen molar-refractivity contribution in [3.8, 4) is 0 Å². The highest BCUT2D eigenvalue weighted by atomic mass is 16.5. The van der Waals surface area contributed by atoms with Crippen molar-refractivity contribution in [2.75, 3.05) is 6.54 Å².